The van der Waals surface area contributed by atoms with Crippen molar-refractivity contribution >= 4 is 0 Å². The number of rotatable bonds is 4. The van der Waals surface area contributed by atoms with Gasteiger partial charge in [0.05, 0.1) is 0 Å². The van der Waals surface area contributed by atoms with Gasteiger partial charge in [0, 0.05) is 6.54 Å². The largest absolute Gasteiger partial charge is 0.489 e. The maximum Gasteiger partial charge on any atom is 0.165 e. The number of ether oxygens (including phenoxy) is 1. The van der Waals surface area contributed by atoms with Crippen LogP contribution in [0.1, 0.15) is 0 Å². The molecule has 0 fully saturated rings. The third-order valence-electron chi connectivity index (χ3n) is 1.34. The first-order chi connectivity index (χ1) is 5.84. The van der Waals surface area contributed by atoms with Gasteiger partial charge in [-0.2, -0.15) is 0 Å². The van der Waals surface area contributed by atoms with Gasteiger partial charge in [-0.3, -0.25) is 11.3 Å². The molecule has 4 heteroatoms. The minimum atomic E-state index is -0.352. The third-order valence-corrected chi connectivity index (χ3v) is 1.34. The molecule has 1 rings (SSSR count). The molecule has 0 saturated carbocycles. The zero-order chi connectivity index (χ0) is 8.81. The lowest BCUT2D eigenvalue weighted by Gasteiger charge is -2.05. The summed E-state index contributed by atoms with van der Waals surface area (Å²) in [5, 5.41) is 0. The molecule has 0 aliphatic rings. The van der Waals surface area contributed by atoms with Gasteiger partial charge in [0.2, 0.25) is 0 Å². The summed E-state index contributed by atoms with van der Waals surface area (Å²) >= 11 is 0. The van der Waals surface area contributed by atoms with E-state index < -0.39 is 0 Å². The first-order valence-electron chi connectivity index (χ1n) is 3.65. The smallest absolute Gasteiger partial charge is 0.165 e. The maximum absolute atomic E-state index is 12.8. The van der Waals surface area contributed by atoms with Gasteiger partial charge in [0.25, 0.3) is 0 Å². The van der Waals surface area contributed by atoms with Crippen molar-refractivity contribution in [2.24, 2.45) is 5.84 Å². The number of benzene rings is 1. The van der Waals surface area contributed by atoms with Gasteiger partial charge in [-0.25, -0.2) is 4.39 Å². The van der Waals surface area contributed by atoms with Crippen LogP contribution in [0.25, 0.3) is 0 Å². The van der Waals surface area contributed by atoms with Crippen LogP contribution in [0, 0.1) is 5.82 Å². The van der Waals surface area contributed by atoms with Gasteiger partial charge in [0.15, 0.2) is 11.6 Å². The van der Waals surface area contributed by atoms with Crippen molar-refractivity contribution in [1.29, 1.82) is 0 Å². The van der Waals surface area contributed by atoms with E-state index in [2.05, 4.69) is 5.43 Å². The molecule has 0 amide bonds. The minimum absolute atomic E-state index is 0.257. The molecule has 1 aromatic carbocycles. The van der Waals surface area contributed by atoms with Crippen molar-refractivity contribution in [2.75, 3.05) is 13.2 Å². The summed E-state index contributed by atoms with van der Waals surface area (Å²) in [5.74, 6) is 4.91. The third kappa shape index (κ3) is 2.48. The van der Waals surface area contributed by atoms with Gasteiger partial charge in [-0.15, -0.1) is 0 Å². The number of nitrogens with two attached hydrogens (primary N) is 1. The Kier molecular flexibility index (Phi) is 3.50. The highest BCUT2D eigenvalue weighted by Crippen LogP contribution is 2.14. The van der Waals surface area contributed by atoms with E-state index >= 15 is 0 Å². The fourth-order valence-electron chi connectivity index (χ4n) is 0.782. The molecule has 0 saturated heterocycles. The van der Waals surface area contributed by atoms with Crippen molar-refractivity contribution in [1.82, 2.24) is 5.43 Å². The normalized spacial score (nSPS) is 9.83. The summed E-state index contributed by atoms with van der Waals surface area (Å²) in [5.41, 5.74) is 2.41. The molecule has 12 heavy (non-hydrogen) atoms. The highest BCUT2D eigenvalue weighted by molar-refractivity contribution is 5.23. The molecule has 3 nitrogen and oxygen atoms in total. The molecule has 0 aliphatic carbocycles. The lowest BCUT2D eigenvalue weighted by molar-refractivity contribution is 0.299. The summed E-state index contributed by atoms with van der Waals surface area (Å²) in [6.07, 6.45) is 0. The van der Waals surface area contributed by atoms with Crippen LogP contribution < -0.4 is 16.0 Å². The summed E-state index contributed by atoms with van der Waals surface area (Å²) in [6.45, 7) is 0.853. The zero-order valence-electron chi connectivity index (χ0n) is 6.59. The molecular weight excluding hydrogens is 159 g/mol. The number of nitrogens with one attached hydrogen (secondary N) is 1. The average molecular weight is 170 g/mol. The Hall–Kier alpha value is -1.13. The maximum atomic E-state index is 12.8. The summed E-state index contributed by atoms with van der Waals surface area (Å²) in [6, 6.07) is 6.26. The van der Waals surface area contributed by atoms with E-state index in [1.165, 1.54) is 6.07 Å². The van der Waals surface area contributed by atoms with E-state index in [0.29, 0.717) is 13.2 Å². The lowest BCUT2D eigenvalue weighted by Crippen LogP contribution is -2.27. The van der Waals surface area contributed by atoms with E-state index in [9.17, 15) is 4.39 Å². The van der Waals surface area contributed by atoms with E-state index in [0.717, 1.165) is 0 Å². The van der Waals surface area contributed by atoms with Crippen LogP contribution in [0.2, 0.25) is 0 Å². The molecule has 66 valence electrons. The Morgan fingerprint density at radius 1 is 1.42 bits per heavy atom. The van der Waals surface area contributed by atoms with Crippen LogP contribution in [0.5, 0.6) is 5.75 Å². The molecule has 0 unspecified atom stereocenters. The molecular formula is C8H11FN2O. The second-order valence-corrected chi connectivity index (χ2v) is 2.23. The van der Waals surface area contributed by atoms with Crippen molar-refractivity contribution < 1.29 is 9.13 Å². The van der Waals surface area contributed by atoms with E-state index in [-0.39, 0.29) is 11.6 Å². The van der Waals surface area contributed by atoms with Gasteiger partial charge in [0.1, 0.15) is 6.61 Å². The highest BCUT2D eigenvalue weighted by Gasteiger charge is 1.99. The number of hydrogen-bond donors (Lipinski definition) is 2. The van der Waals surface area contributed by atoms with Crippen LogP contribution in [0.4, 0.5) is 4.39 Å². The topological polar surface area (TPSA) is 47.3 Å². The van der Waals surface area contributed by atoms with Crippen LogP contribution in [0.15, 0.2) is 24.3 Å². The molecule has 0 atom stereocenters. The first-order valence-corrected chi connectivity index (χ1v) is 3.65. The van der Waals surface area contributed by atoms with E-state index in [1.807, 2.05) is 0 Å². The predicted octanol–water partition coefficient (Wildman–Crippen LogP) is 0.668. The number of para-hydroxylation sites is 1. The molecule has 0 heterocycles. The number of hydrogen-bond acceptors (Lipinski definition) is 3. The fourth-order valence-corrected chi connectivity index (χ4v) is 0.782. The summed E-state index contributed by atoms with van der Waals surface area (Å²) < 4.78 is 17.9. The van der Waals surface area contributed by atoms with Crippen LogP contribution in [-0.2, 0) is 0 Å². The molecule has 1 aromatic rings. The summed E-state index contributed by atoms with van der Waals surface area (Å²) in [4.78, 5) is 0. The quantitative estimate of drug-likeness (QED) is 0.396. The minimum Gasteiger partial charge on any atom is -0.489 e. The van der Waals surface area contributed by atoms with Crippen LogP contribution in [0.3, 0.4) is 0 Å². The standard InChI is InChI=1S/C8H11FN2O/c9-7-3-1-2-4-8(7)12-6-5-11-10/h1-4,11H,5-6,10H2. The molecule has 0 aromatic heterocycles. The number of hydrazine groups is 1. The van der Waals surface area contributed by atoms with Gasteiger partial charge >= 0.3 is 0 Å². The SMILES string of the molecule is NNCCOc1ccccc1F. The number of halogens is 1. The Morgan fingerprint density at radius 2 is 2.17 bits per heavy atom. The Morgan fingerprint density at radius 3 is 2.83 bits per heavy atom. The monoisotopic (exact) mass is 170 g/mol. The van der Waals surface area contributed by atoms with Crippen molar-refractivity contribution in [2.45, 2.75) is 0 Å². The van der Waals surface area contributed by atoms with Crippen LogP contribution >= 0.6 is 0 Å². The molecule has 0 spiro atoms. The molecule has 0 aliphatic heterocycles. The van der Waals surface area contributed by atoms with Gasteiger partial charge in [-0.1, -0.05) is 12.1 Å². The van der Waals surface area contributed by atoms with Crippen molar-refractivity contribution in [3.05, 3.63) is 30.1 Å². The summed E-state index contributed by atoms with van der Waals surface area (Å²) in [7, 11) is 0. The van der Waals surface area contributed by atoms with E-state index in [1.54, 1.807) is 18.2 Å². The van der Waals surface area contributed by atoms with Crippen molar-refractivity contribution in [3.8, 4) is 5.75 Å². The molecule has 3 N–H and O–H groups in total. The molecule has 0 bridgehead atoms. The second kappa shape index (κ2) is 4.69. The predicted molar refractivity (Wildman–Crippen MR) is 44.1 cm³/mol. The Balaban J connectivity index is 2.46. The van der Waals surface area contributed by atoms with Crippen molar-refractivity contribution in [3.63, 3.8) is 0 Å². The van der Waals surface area contributed by atoms with Crippen LogP contribution in [-0.4, -0.2) is 13.2 Å². The Labute approximate surface area is 70.3 Å². The molecule has 0 radical (unpaired) electrons. The second-order valence-electron chi connectivity index (χ2n) is 2.23. The zero-order valence-corrected chi connectivity index (χ0v) is 6.59. The highest BCUT2D eigenvalue weighted by atomic mass is 19.1. The first kappa shape index (κ1) is 8.96. The van der Waals surface area contributed by atoms with Gasteiger partial charge in [-0.05, 0) is 12.1 Å². The van der Waals surface area contributed by atoms with Gasteiger partial charge < -0.3 is 4.74 Å². The fraction of sp³-hybridized carbons (Fsp3) is 0.250. The van der Waals surface area contributed by atoms with E-state index in [4.69, 9.17) is 10.6 Å². The average Bonchev–Trinajstić information content (AvgIpc) is 2.09. The Bertz CT molecular complexity index is 242. The lowest BCUT2D eigenvalue weighted by atomic mass is 10.3.